The van der Waals surface area contributed by atoms with Crippen molar-refractivity contribution < 1.29 is 14.4 Å². The van der Waals surface area contributed by atoms with Gasteiger partial charge in [0.15, 0.2) is 5.58 Å². The Balaban J connectivity index is 1.80. The summed E-state index contributed by atoms with van der Waals surface area (Å²) in [6.45, 7) is 4.54. The minimum Gasteiger partial charge on any atom is -0.438 e. The van der Waals surface area contributed by atoms with Gasteiger partial charge in [-0.2, -0.15) is 0 Å². The molecule has 2 aromatic heterocycles. The first kappa shape index (κ1) is 16.1. The number of carbonyl (C=O) groups is 1. The van der Waals surface area contributed by atoms with Gasteiger partial charge in [0.2, 0.25) is 11.8 Å². The third-order valence-electron chi connectivity index (χ3n) is 3.67. The van der Waals surface area contributed by atoms with Crippen LogP contribution in [0, 0.1) is 5.92 Å². The Bertz CT molecular complexity index is 764. The van der Waals surface area contributed by atoms with E-state index in [0.29, 0.717) is 29.2 Å². The highest BCUT2D eigenvalue weighted by molar-refractivity contribution is 5.76. The normalized spacial score (nSPS) is 17.2. The highest BCUT2D eigenvalue weighted by atomic mass is 16.5. The number of amides is 1. The molecule has 1 amide bonds. The minimum atomic E-state index is -0.497. The molecular weight excluding hydrogens is 312 g/mol. The number of fused-ring (bicyclic) bond motifs is 1. The van der Waals surface area contributed by atoms with Crippen LogP contribution in [-0.2, 0) is 4.79 Å². The Kier molecular flexibility index (Phi) is 4.52. The summed E-state index contributed by atoms with van der Waals surface area (Å²) < 4.78 is 5.84. The monoisotopic (exact) mass is 330 g/mol. The van der Waals surface area contributed by atoms with Crippen molar-refractivity contribution >= 4 is 17.0 Å². The molecule has 0 aliphatic carbocycles. The van der Waals surface area contributed by atoms with Crippen LogP contribution in [0.5, 0.6) is 0 Å². The number of carbonyl (C=O) groups excluding carboxylic acids is 1. The molecule has 1 unspecified atom stereocenters. The lowest BCUT2D eigenvalue weighted by molar-refractivity contribution is -0.128. The maximum atomic E-state index is 11.1. The third-order valence-corrected chi connectivity index (χ3v) is 3.67. The zero-order chi connectivity index (χ0) is 17.1. The Morgan fingerprint density at radius 1 is 1.54 bits per heavy atom. The second-order valence-corrected chi connectivity index (χ2v) is 5.81. The van der Waals surface area contributed by atoms with Gasteiger partial charge in [0.25, 0.3) is 0 Å². The highest BCUT2D eigenvalue weighted by Crippen LogP contribution is 2.33. The van der Waals surface area contributed by atoms with E-state index < -0.39 is 5.91 Å². The molecule has 1 atom stereocenters. The lowest BCUT2D eigenvalue weighted by Crippen LogP contribution is -2.26. The van der Waals surface area contributed by atoms with Gasteiger partial charge in [-0.15, -0.1) is 5.11 Å². The van der Waals surface area contributed by atoms with Crippen molar-refractivity contribution in [1.29, 1.82) is 0 Å². The first-order valence-electron chi connectivity index (χ1n) is 7.59. The fourth-order valence-electron chi connectivity index (χ4n) is 2.54. The van der Waals surface area contributed by atoms with Crippen molar-refractivity contribution in [3.05, 3.63) is 36.1 Å². The number of hydrogen-bond acceptors (Lipinski definition) is 8. The molecule has 24 heavy (non-hydrogen) atoms. The average Bonchev–Trinajstić information content (AvgIpc) is 3.19. The molecule has 0 saturated heterocycles. The minimum absolute atomic E-state index is 0.0413. The van der Waals surface area contributed by atoms with Gasteiger partial charge in [-0.1, -0.05) is 19.1 Å². The number of aromatic nitrogens is 2. The Labute approximate surface area is 138 Å². The molecule has 2 aromatic rings. The van der Waals surface area contributed by atoms with Gasteiger partial charge in [-0.25, -0.2) is 10.5 Å². The van der Waals surface area contributed by atoms with Crippen molar-refractivity contribution in [3.8, 4) is 0 Å². The maximum Gasteiger partial charge on any atom is 0.247 e. The topological polar surface area (TPSA) is 116 Å². The SMILES string of the molecule is CC(C)C(c1nc2cnccc2o1)N1C/C(=C/CC(=O)NO)N=N1. The predicted molar refractivity (Wildman–Crippen MR) is 83.6 cm³/mol. The quantitative estimate of drug-likeness (QED) is 0.642. The number of oxazole rings is 1. The standard InChI is InChI=1S/C15H18N6O3/c1-9(2)14(15-17-11-7-16-6-5-12(11)24-15)21-8-10(18-20-21)3-4-13(22)19-23/h3,5-7,9,14,23H,4,8H2,1-2H3,(H,19,22)/b10-3-. The van der Waals surface area contributed by atoms with Crippen molar-refractivity contribution in [3.63, 3.8) is 0 Å². The summed E-state index contributed by atoms with van der Waals surface area (Å²) in [5.41, 5.74) is 3.61. The van der Waals surface area contributed by atoms with Crippen LogP contribution in [0.2, 0.25) is 0 Å². The van der Waals surface area contributed by atoms with E-state index in [2.05, 4.69) is 20.3 Å². The molecule has 1 aliphatic rings. The van der Waals surface area contributed by atoms with Crippen molar-refractivity contribution in [2.75, 3.05) is 6.54 Å². The molecule has 0 bridgehead atoms. The van der Waals surface area contributed by atoms with Crippen LogP contribution in [0.15, 0.2) is 45.0 Å². The summed E-state index contributed by atoms with van der Waals surface area (Å²) in [7, 11) is 0. The Morgan fingerprint density at radius 2 is 2.38 bits per heavy atom. The number of rotatable bonds is 5. The fourth-order valence-corrected chi connectivity index (χ4v) is 2.54. The average molecular weight is 330 g/mol. The van der Waals surface area contributed by atoms with E-state index in [1.165, 1.54) is 0 Å². The van der Waals surface area contributed by atoms with Gasteiger partial charge < -0.3 is 4.42 Å². The number of hydrogen-bond donors (Lipinski definition) is 2. The van der Waals surface area contributed by atoms with Crippen molar-refractivity contribution in [2.24, 2.45) is 16.3 Å². The summed E-state index contributed by atoms with van der Waals surface area (Å²) >= 11 is 0. The fraction of sp³-hybridized carbons (Fsp3) is 0.400. The zero-order valence-corrected chi connectivity index (χ0v) is 13.4. The van der Waals surface area contributed by atoms with Crippen molar-refractivity contribution in [1.82, 2.24) is 20.5 Å². The number of pyridine rings is 1. The van der Waals surface area contributed by atoms with Crippen molar-refractivity contribution in [2.45, 2.75) is 26.3 Å². The zero-order valence-electron chi connectivity index (χ0n) is 13.4. The lowest BCUT2D eigenvalue weighted by Gasteiger charge is -2.25. The van der Waals surface area contributed by atoms with Crippen LogP contribution < -0.4 is 5.48 Å². The first-order valence-corrected chi connectivity index (χ1v) is 7.59. The van der Waals surface area contributed by atoms with Crippen LogP contribution in [0.1, 0.15) is 32.2 Å². The van der Waals surface area contributed by atoms with Gasteiger partial charge in [0.05, 0.1) is 18.4 Å². The molecule has 0 spiro atoms. The van der Waals surface area contributed by atoms with Gasteiger partial charge in [0, 0.05) is 18.7 Å². The summed E-state index contributed by atoms with van der Waals surface area (Å²) in [5.74, 6) is 0.245. The van der Waals surface area contributed by atoms with Crippen LogP contribution in [0.4, 0.5) is 0 Å². The molecule has 1 aliphatic heterocycles. The lowest BCUT2D eigenvalue weighted by atomic mass is 10.0. The van der Waals surface area contributed by atoms with E-state index in [4.69, 9.17) is 9.62 Å². The van der Waals surface area contributed by atoms with Crippen LogP contribution in [0.25, 0.3) is 11.1 Å². The second kappa shape index (κ2) is 6.75. The number of nitrogens with zero attached hydrogens (tertiary/aromatic N) is 5. The highest BCUT2D eigenvalue weighted by Gasteiger charge is 2.31. The van der Waals surface area contributed by atoms with Crippen LogP contribution >= 0.6 is 0 Å². The van der Waals surface area contributed by atoms with Gasteiger partial charge in [-0.05, 0) is 12.0 Å². The largest absolute Gasteiger partial charge is 0.438 e. The van der Waals surface area contributed by atoms with E-state index in [9.17, 15) is 4.79 Å². The molecule has 0 fully saturated rings. The van der Waals surface area contributed by atoms with E-state index in [1.54, 1.807) is 35.0 Å². The van der Waals surface area contributed by atoms with Gasteiger partial charge >= 0.3 is 0 Å². The summed E-state index contributed by atoms with van der Waals surface area (Å²) in [6, 6.07) is 1.59. The predicted octanol–water partition coefficient (Wildman–Crippen LogP) is 2.38. The Morgan fingerprint density at radius 3 is 3.08 bits per heavy atom. The molecule has 3 heterocycles. The molecule has 3 rings (SSSR count). The van der Waals surface area contributed by atoms with Crippen LogP contribution in [0.3, 0.4) is 0 Å². The number of nitrogens with one attached hydrogen (secondary N) is 1. The number of hydroxylamine groups is 1. The molecule has 0 aromatic carbocycles. The second-order valence-electron chi connectivity index (χ2n) is 5.81. The smallest absolute Gasteiger partial charge is 0.247 e. The first-order chi connectivity index (χ1) is 11.6. The molecule has 0 radical (unpaired) electrons. The Hall–Kier alpha value is -2.81. The summed E-state index contributed by atoms with van der Waals surface area (Å²) in [6.07, 6.45) is 4.98. The van der Waals surface area contributed by atoms with Crippen LogP contribution in [-0.4, -0.2) is 32.6 Å². The molecule has 0 saturated carbocycles. The molecule has 2 N–H and O–H groups in total. The summed E-state index contributed by atoms with van der Waals surface area (Å²) in [5, 5.41) is 18.5. The molecule has 9 heteroatoms. The van der Waals surface area contributed by atoms with E-state index >= 15 is 0 Å². The van der Waals surface area contributed by atoms with Gasteiger partial charge in [0.1, 0.15) is 11.6 Å². The molecule has 126 valence electrons. The van der Waals surface area contributed by atoms with E-state index in [-0.39, 0.29) is 18.4 Å². The molecule has 9 nitrogen and oxygen atoms in total. The van der Waals surface area contributed by atoms with Gasteiger partial charge in [-0.3, -0.25) is 20.0 Å². The van der Waals surface area contributed by atoms with E-state index in [0.717, 1.165) is 0 Å². The molecular formula is C15H18N6O3. The van der Waals surface area contributed by atoms with E-state index in [1.807, 2.05) is 13.8 Å². The maximum absolute atomic E-state index is 11.1. The summed E-state index contributed by atoms with van der Waals surface area (Å²) in [4.78, 5) is 19.6. The third kappa shape index (κ3) is 3.25.